The van der Waals surface area contributed by atoms with Crippen LogP contribution < -0.4 is 5.73 Å². The summed E-state index contributed by atoms with van der Waals surface area (Å²) in [5.41, 5.74) is 5.87. The molecule has 0 fully saturated rings. The lowest BCUT2D eigenvalue weighted by Crippen LogP contribution is -2.45. The molecule has 0 heterocycles. The van der Waals surface area contributed by atoms with Crippen LogP contribution in [-0.2, 0) is 4.79 Å². The topological polar surface area (TPSA) is 52.8 Å². The lowest BCUT2D eigenvalue weighted by atomic mass is 10.2. The molecule has 0 aliphatic carbocycles. The number of hydrogen-bond acceptors (Lipinski definition) is 4. The maximum atomic E-state index is 12.2. The van der Waals surface area contributed by atoms with E-state index in [4.69, 9.17) is 5.73 Å². The quantitative estimate of drug-likeness (QED) is 0.627. The molecule has 0 radical (unpaired) electrons. The highest BCUT2D eigenvalue weighted by atomic mass is 16.2. The first kappa shape index (κ1) is 18.4. The zero-order valence-corrected chi connectivity index (χ0v) is 13.4. The fourth-order valence-electron chi connectivity index (χ4n) is 1.90. The molecule has 0 rings (SSSR count). The van der Waals surface area contributed by atoms with Crippen molar-refractivity contribution in [3.8, 4) is 0 Å². The molecule has 1 atom stereocenters. The van der Waals surface area contributed by atoms with E-state index in [0.717, 1.165) is 39.0 Å². The van der Waals surface area contributed by atoms with Gasteiger partial charge in [0.1, 0.15) is 0 Å². The Morgan fingerprint density at radius 1 is 0.947 bits per heavy atom. The Balaban J connectivity index is 4.25. The molecule has 0 saturated heterocycles. The van der Waals surface area contributed by atoms with E-state index in [-0.39, 0.29) is 11.9 Å². The number of carbonyl (C=O) groups is 1. The summed E-state index contributed by atoms with van der Waals surface area (Å²) >= 11 is 0. The van der Waals surface area contributed by atoms with Crippen LogP contribution in [0.5, 0.6) is 0 Å². The van der Waals surface area contributed by atoms with E-state index < -0.39 is 0 Å². The Labute approximate surface area is 118 Å². The first-order chi connectivity index (χ1) is 8.88. The number of nitrogens with two attached hydrogens (primary N) is 1. The Morgan fingerprint density at radius 3 is 1.68 bits per heavy atom. The van der Waals surface area contributed by atoms with Gasteiger partial charge in [-0.2, -0.15) is 0 Å². The average molecular weight is 272 g/mol. The third-order valence-corrected chi connectivity index (χ3v) is 3.14. The lowest BCUT2D eigenvalue weighted by Gasteiger charge is -2.26. The number of hydrogen-bond donors (Lipinski definition) is 1. The van der Waals surface area contributed by atoms with Crippen molar-refractivity contribution in [1.29, 1.82) is 0 Å². The molecule has 2 N–H and O–H groups in total. The molecule has 114 valence electrons. The van der Waals surface area contributed by atoms with Gasteiger partial charge in [0.2, 0.25) is 5.91 Å². The van der Waals surface area contributed by atoms with Crippen molar-refractivity contribution in [1.82, 2.24) is 14.7 Å². The average Bonchev–Trinajstić information content (AvgIpc) is 2.34. The maximum Gasteiger partial charge on any atom is 0.239 e. The standard InChI is InChI=1S/C14H32N4O/c1-6-13(15)14(19)18(11-7-9-16(2)3)12-8-10-17(4)5/h13H,6-12,15H2,1-5H3/t13-/m1/s1. The smallest absolute Gasteiger partial charge is 0.239 e. The minimum atomic E-state index is -0.348. The van der Waals surface area contributed by atoms with Gasteiger partial charge in [0.05, 0.1) is 6.04 Å². The SMILES string of the molecule is CC[C@@H](N)C(=O)N(CCCN(C)C)CCCN(C)C. The second-order valence-corrected chi connectivity index (χ2v) is 5.65. The van der Waals surface area contributed by atoms with Gasteiger partial charge in [-0.3, -0.25) is 4.79 Å². The highest BCUT2D eigenvalue weighted by molar-refractivity contribution is 5.81. The van der Waals surface area contributed by atoms with E-state index >= 15 is 0 Å². The van der Waals surface area contributed by atoms with Crippen LogP contribution in [-0.4, -0.2) is 81.0 Å². The molecule has 5 heteroatoms. The van der Waals surface area contributed by atoms with E-state index in [9.17, 15) is 4.79 Å². The predicted octanol–water partition coefficient (Wildman–Crippen LogP) is 0.456. The van der Waals surface area contributed by atoms with Crippen LogP contribution in [0.15, 0.2) is 0 Å². The molecule has 0 aliphatic rings. The molecule has 0 saturated carbocycles. The Kier molecular flexibility index (Phi) is 9.83. The fraction of sp³-hybridized carbons (Fsp3) is 0.929. The summed E-state index contributed by atoms with van der Waals surface area (Å²) in [4.78, 5) is 18.4. The molecular formula is C14H32N4O. The molecule has 0 aromatic heterocycles. The zero-order valence-electron chi connectivity index (χ0n) is 13.4. The second kappa shape index (κ2) is 10.2. The van der Waals surface area contributed by atoms with Gasteiger partial charge >= 0.3 is 0 Å². The van der Waals surface area contributed by atoms with Gasteiger partial charge in [0, 0.05) is 13.1 Å². The number of rotatable bonds is 10. The zero-order chi connectivity index (χ0) is 14.8. The van der Waals surface area contributed by atoms with Gasteiger partial charge in [0.25, 0.3) is 0 Å². The Bertz CT molecular complexity index is 230. The van der Waals surface area contributed by atoms with Crippen LogP contribution in [0, 0.1) is 0 Å². The van der Waals surface area contributed by atoms with E-state index in [1.807, 2.05) is 11.8 Å². The van der Waals surface area contributed by atoms with E-state index in [1.54, 1.807) is 0 Å². The van der Waals surface area contributed by atoms with Crippen molar-refractivity contribution in [3.63, 3.8) is 0 Å². The summed E-state index contributed by atoms with van der Waals surface area (Å²) in [7, 11) is 8.21. The largest absolute Gasteiger partial charge is 0.341 e. The van der Waals surface area contributed by atoms with Crippen molar-refractivity contribution >= 4 is 5.91 Å². The summed E-state index contributed by atoms with van der Waals surface area (Å²) in [6.07, 6.45) is 2.70. The van der Waals surface area contributed by atoms with Gasteiger partial charge < -0.3 is 20.4 Å². The normalized spacial score (nSPS) is 13.1. The van der Waals surface area contributed by atoms with Crippen LogP contribution in [0.3, 0.4) is 0 Å². The molecule has 0 bridgehead atoms. The van der Waals surface area contributed by atoms with Gasteiger partial charge in [-0.15, -0.1) is 0 Å². The summed E-state index contributed by atoms with van der Waals surface area (Å²) in [5, 5.41) is 0. The molecule has 0 unspecified atom stereocenters. The van der Waals surface area contributed by atoms with Gasteiger partial charge in [-0.1, -0.05) is 6.92 Å². The molecule has 1 amide bonds. The minimum Gasteiger partial charge on any atom is -0.341 e. The first-order valence-corrected chi connectivity index (χ1v) is 7.22. The third-order valence-electron chi connectivity index (χ3n) is 3.14. The lowest BCUT2D eigenvalue weighted by molar-refractivity contribution is -0.132. The van der Waals surface area contributed by atoms with Crippen LogP contribution in [0.2, 0.25) is 0 Å². The molecule has 0 spiro atoms. The van der Waals surface area contributed by atoms with Gasteiger partial charge in [0.15, 0.2) is 0 Å². The van der Waals surface area contributed by atoms with Crippen molar-refractivity contribution in [2.45, 2.75) is 32.2 Å². The highest BCUT2D eigenvalue weighted by Gasteiger charge is 2.18. The number of carbonyl (C=O) groups excluding carboxylic acids is 1. The fourth-order valence-corrected chi connectivity index (χ4v) is 1.90. The molecule has 19 heavy (non-hydrogen) atoms. The van der Waals surface area contributed by atoms with Crippen molar-refractivity contribution in [2.75, 3.05) is 54.4 Å². The van der Waals surface area contributed by atoms with Gasteiger partial charge in [-0.05, 0) is 60.5 Å². The van der Waals surface area contributed by atoms with Crippen molar-refractivity contribution in [2.24, 2.45) is 5.73 Å². The van der Waals surface area contributed by atoms with E-state index in [2.05, 4.69) is 38.0 Å². The van der Waals surface area contributed by atoms with Crippen LogP contribution in [0.4, 0.5) is 0 Å². The van der Waals surface area contributed by atoms with Crippen LogP contribution in [0.1, 0.15) is 26.2 Å². The molecule has 0 aromatic carbocycles. The Hall–Kier alpha value is -0.650. The Morgan fingerprint density at radius 2 is 1.37 bits per heavy atom. The maximum absolute atomic E-state index is 12.2. The van der Waals surface area contributed by atoms with E-state index in [0.29, 0.717) is 6.42 Å². The van der Waals surface area contributed by atoms with Gasteiger partial charge in [-0.25, -0.2) is 0 Å². The first-order valence-electron chi connectivity index (χ1n) is 7.22. The van der Waals surface area contributed by atoms with Crippen molar-refractivity contribution in [3.05, 3.63) is 0 Å². The molecule has 0 aromatic rings. The minimum absolute atomic E-state index is 0.0972. The number of amides is 1. The second-order valence-electron chi connectivity index (χ2n) is 5.65. The van der Waals surface area contributed by atoms with Crippen LogP contribution >= 0.6 is 0 Å². The third kappa shape index (κ3) is 8.97. The summed E-state index contributed by atoms with van der Waals surface area (Å²) in [6.45, 7) is 5.56. The molecule has 5 nitrogen and oxygen atoms in total. The number of nitrogens with zero attached hydrogens (tertiary/aromatic N) is 3. The highest BCUT2D eigenvalue weighted by Crippen LogP contribution is 2.02. The summed E-state index contributed by atoms with van der Waals surface area (Å²) in [5.74, 6) is 0.0972. The predicted molar refractivity (Wildman–Crippen MR) is 81.2 cm³/mol. The molecular weight excluding hydrogens is 240 g/mol. The molecule has 0 aliphatic heterocycles. The summed E-state index contributed by atoms with van der Waals surface area (Å²) < 4.78 is 0. The van der Waals surface area contributed by atoms with Crippen LogP contribution in [0.25, 0.3) is 0 Å². The monoisotopic (exact) mass is 272 g/mol. The van der Waals surface area contributed by atoms with Crippen molar-refractivity contribution < 1.29 is 4.79 Å². The van der Waals surface area contributed by atoms with E-state index in [1.165, 1.54) is 0 Å². The summed E-state index contributed by atoms with van der Waals surface area (Å²) in [6, 6.07) is -0.348.